The maximum atomic E-state index is 13.4. The third kappa shape index (κ3) is 4.50. The molecule has 0 spiro atoms. The molecular formula is C20H19F3N2O3S. The lowest BCUT2D eigenvalue weighted by Crippen LogP contribution is -2.33. The van der Waals surface area contributed by atoms with Gasteiger partial charge in [-0.25, -0.2) is 9.59 Å². The Bertz CT molecular complexity index is 947. The Morgan fingerprint density at radius 2 is 2.00 bits per heavy atom. The molecule has 0 atom stereocenters. The fourth-order valence-corrected chi connectivity index (χ4v) is 3.80. The van der Waals surface area contributed by atoms with Crippen molar-refractivity contribution in [2.24, 2.45) is 0 Å². The van der Waals surface area contributed by atoms with Crippen LogP contribution in [-0.4, -0.2) is 31.4 Å². The zero-order valence-electron chi connectivity index (χ0n) is 15.8. The quantitative estimate of drug-likeness (QED) is 0.542. The Morgan fingerprint density at radius 3 is 2.66 bits per heavy atom. The van der Waals surface area contributed by atoms with Gasteiger partial charge in [0.05, 0.1) is 17.7 Å². The van der Waals surface area contributed by atoms with Crippen LogP contribution in [0, 0.1) is 0 Å². The van der Waals surface area contributed by atoms with Crippen molar-refractivity contribution in [3.63, 3.8) is 0 Å². The van der Waals surface area contributed by atoms with Crippen molar-refractivity contribution in [2.75, 3.05) is 29.6 Å². The first-order valence-electron chi connectivity index (χ1n) is 8.88. The summed E-state index contributed by atoms with van der Waals surface area (Å²) in [7, 11) is 0. The number of nitrogens with zero attached hydrogens (tertiary/aromatic N) is 1. The Morgan fingerprint density at radius 1 is 1.24 bits per heavy atom. The third-order valence-electron chi connectivity index (χ3n) is 4.47. The monoisotopic (exact) mass is 424 g/mol. The predicted octanol–water partition coefficient (Wildman–Crippen LogP) is 5.20. The van der Waals surface area contributed by atoms with E-state index in [2.05, 4.69) is 5.32 Å². The summed E-state index contributed by atoms with van der Waals surface area (Å²) in [4.78, 5) is 26.0. The molecule has 0 aliphatic carbocycles. The SMILES string of the molecule is CCOC(=O)c1cccc(NC(=O)N2CCc3cc(SC)c(C(F)(F)F)cc32)c1. The highest BCUT2D eigenvalue weighted by Gasteiger charge is 2.36. The second-order valence-electron chi connectivity index (χ2n) is 6.31. The molecule has 0 fully saturated rings. The molecule has 0 radical (unpaired) electrons. The number of amides is 2. The van der Waals surface area contributed by atoms with E-state index in [1.165, 1.54) is 17.0 Å². The number of hydrogen-bond acceptors (Lipinski definition) is 4. The van der Waals surface area contributed by atoms with Crippen LogP contribution in [-0.2, 0) is 17.3 Å². The van der Waals surface area contributed by atoms with Gasteiger partial charge in [-0.3, -0.25) is 4.90 Å². The molecule has 1 N–H and O–H groups in total. The van der Waals surface area contributed by atoms with Crippen LogP contribution in [0.3, 0.4) is 0 Å². The van der Waals surface area contributed by atoms with Crippen molar-refractivity contribution in [1.82, 2.24) is 0 Å². The van der Waals surface area contributed by atoms with Crippen LogP contribution in [0.15, 0.2) is 41.3 Å². The van der Waals surface area contributed by atoms with Crippen LogP contribution in [0.1, 0.15) is 28.4 Å². The molecule has 5 nitrogen and oxygen atoms in total. The topological polar surface area (TPSA) is 58.6 Å². The summed E-state index contributed by atoms with van der Waals surface area (Å²) in [6, 6.07) is 8.17. The lowest BCUT2D eigenvalue weighted by atomic mass is 10.1. The number of fused-ring (bicyclic) bond motifs is 1. The molecular weight excluding hydrogens is 405 g/mol. The van der Waals surface area contributed by atoms with Gasteiger partial charge in [-0.05, 0) is 55.5 Å². The van der Waals surface area contributed by atoms with E-state index < -0.39 is 23.7 Å². The van der Waals surface area contributed by atoms with Gasteiger partial charge in [0.25, 0.3) is 0 Å². The number of benzene rings is 2. The highest BCUT2D eigenvalue weighted by molar-refractivity contribution is 7.98. The molecule has 0 unspecified atom stereocenters. The fourth-order valence-electron chi connectivity index (χ4n) is 3.15. The lowest BCUT2D eigenvalue weighted by Gasteiger charge is -2.20. The summed E-state index contributed by atoms with van der Waals surface area (Å²) in [5.41, 5.74) is 0.806. The second-order valence-corrected chi connectivity index (χ2v) is 7.16. The van der Waals surface area contributed by atoms with Crippen LogP contribution >= 0.6 is 11.8 Å². The second kappa shape index (κ2) is 8.36. The number of ether oxygens (including phenoxy) is 1. The molecule has 1 aliphatic rings. The van der Waals surface area contributed by atoms with Gasteiger partial charge in [0.15, 0.2) is 0 Å². The number of halogens is 3. The summed E-state index contributed by atoms with van der Waals surface area (Å²) < 4.78 is 45.1. The highest BCUT2D eigenvalue weighted by Crippen LogP contribution is 2.42. The molecule has 2 aromatic rings. The molecule has 0 saturated heterocycles. The first-order chi connectivity index (χ1) is 13.7. The van der Waals surface area contributed by atoms with E-state index in [1.54, 1.807) is 31.4 Å². The molecule has 2 aromatic carbocycles. The average molecular weight is 424 g/mol. The van der Waals surface area contributed by atoms with Crippen molar-refractivity contribution >= 4 is 35.1 Å². The molecule has 0 aromatic heterocycles. The Kier molecular flexibility index (Phi) is 6.07. The van der Waals surface area contributed by atoms with Crippen molar-refractivity contribution in [3.8, 4) is 0 Å². The minimum absolute atomic E-state index is 0.139. The number of rotatable bonds is 4. The molecule has 1 heterocycles. The van der Waals surface area contributed by atoms with E-state index in [1.807, 2.05) is 0 Å². The first kappa shape index (κ1) is 21.0. The highest BCUT2D eigenvalue weighted by atomic mass is 32.2. The van der Waals surface area contributed by atoms with Crippen LogP contribution in [0.4, 0.5) is 29.3 Å². The maximum absolute atomic E-state index is 13.4. The minimum atomic E-state index is -4.51. The number of esters is 1. The first-order valence-corrected chi connectivity index (χ1v) is 10.1. The number of hydrogen-bond donors (Lipinski definition) is 1. The number of thioether (sulfide) groups is 1. The van der Waals surface area contributed by atoms with Crippen LogP contribution in [0.5, 0.6) is 0 Å². The van der Waals surface area contributed by atoms with Gasteiger partial charge in [0.2, 0.25) is 0 Å². The third-order valence-corrected chi connectivity index (χ3v) is 5.25. The summed E-state index contributed by atoms with van der Waals surface area (Å²) in [5, 5.41) is 2.64. The maximum Gasteiger partial charge on any atom is 0.417 e. The fraction of sp³-hybridized carbons (Fsp3) is 0.300. The number of nitrogens with one attached hydrogen (secondary N) is 1. The van der Waals surface area contributed by atoms with Crippen LogP contribution in [0.25, 0.3) is 0 Å². The zero-order valence-corrected chi connectivity index (χ0v) is 16.6. The van der Waals surface area contributed by atoms with E-state index in [4.69, 9.17) is 4.74 Å². The van der Waals surface area contributed by atoms with E-state index in [0.29, 0.717) is 17.7 Å². The number of carbonyl (C=O) groups excluding carboxylic acids is 2. The number of carbonyl (C=O) groups is 2. The minimum Gasteiger partial charge on any atom is -0.462 e. The van der Waals surface area contributed by atoms with Crippen LogP contribution in [0.2, 0.25) is 0 Å². The molecule has 29 heavy (non-hydrogen) atoms. The molecule has 0 saturated carbocycles. The summed E-state index contributed by atoms with van der Waals surface area (Å²) >= 11 is 1.03. The van der Waals surface area contributed by atoms with Crippen LogP contribution < -0.4 is 10.2 Å². The Balaban J connectivity index is 1.85. The van der Waals surface area contributed by atoms with Gasteiger partial charge in [-0.15, -0.1) is 11.8 Å². The zero-order chi connectivity index (χ0) is 21.2. The molecule has 1 aliphatic heterocycles. The van der Waals surface area contributed by atoms with Gasteiger partial charge in [0.1, 0.15) is 0 Å². The molecule has 2 amide bonds. The van der Waals surface area contributed by atoms with Crippen molar-refractivity contribution < 1.29 is 27.5 Å². The predicted molar refractivity (Wildman–Crippen MR) is 106 cm³/mol. The normalized spacial score (nSPS) is 13.2. The summed E-state index contributed by atoms with van der Waals surface area (Å²) in [6.07, 6.45) is -2.45. The van der Waals surface area contributed by atoms with Gasteiger partial charge >= 0.3 is 18.2 Å². The standard InChI is InChI=1S/C20H19F3N2O3S/c1-3-28-18(26)13-5-4-6-14(9-13)24-19(27)25-8-7-12-10-17(29-2)15(11-16(12)25)20(21,22)23/h4-6,9-11H,3,7-8H2,1-2H3,(H,24,27). The van der Waals surface area contributed by atoms with Crippen molar-refractivity contribution in [1.29, 1.82) is 0 Å². The average Bonchev–Trinajstić information content (AvgIpc) is 3.09. The van der Waals surface area contributed by atoms with Crippen molar-refractivity contribution in [2.45, 2.75) is 24.4 Å². The lowest BCUT2D eigenvalue weighted by molar-refractivity contribution is -0.139. The molecule has 0 bridgehead atoms. The van der Waals surface area contributed by atoms with E-state index in [0.717, 1.165) is 17.8 Å². The molecule has 3 rings (SSSR count). The Hall–Kier alpha value is -2.68. The van der Waals surface area contributed by atoms with Gasteiger partial charge in [-0.2, -0.15) is 13.2 Å². The number of anilines is 2. The van der Waals surface area contributed by atoms with E-state index in [9.17, 15) is 22.8 Å². The van der Waals surface area contributed by atoms with Gasteiger partial charge in [-0.1, -0.05) is 6.07 Å². The van der Waals surface area contributed by atoms with Gasteiger partial charge in [0, 0.05) is 22.8 Å². The smallest absolute Gasteiger partial charge is 0.417 e. The van der Waals surface area contributed by atoms with E-state index in [-0.39, 0.29) is 29.3 Å². The largest absolute Gasteiger partial charge is 0.462 e. The van der Waals surface area contributed by atoms with E-state index >= 15 is 0 Å². The summed E-state index contributed by atoms with van der Waals surface area (Å²) in [6.45, 7) is 2.18. The number of urea groups is 1. The molecule has 9 heteroatoms. The number of alkyl halides is 3. The van der Waals surface area contributed by atoms with Gasteiger partial charge < -0.3 is 10.1 Å². The summed E-state index contributed by atoms with van der Waals surface area (Å²) in [5.74, 6) is -0.519. The van der Waals surface area contributed by atoms with Crippen molar-refractivity contribution in [3.05, 3.63) is 53.1 Å². The molecule has 154 valence electrons. The Labute approximate surface area is 170 Å².